The molecule has 0 spiro atoms. The molecule has 0 aliphatic heterocycles. The van der Waals surface area contributed by atoms with Gasteiger partial charge >= 0.3 is 6.01 Å². The summed E-state index contributed by atoms with van der Waals surface area (Å²) in [6.45, 7) is 2.52. The second-order valence-corrected chi connectivity index (χ2v) is 3.41. The Hall–Kier alpha value is -1.82. The molecule has 0 aromatic carbocycles. The van der Waals surface area contributed by atoms with E-state index in [-0.39, 0.29) is 6.04 Å². The lowest BCUT2D eigenvalue weighted by Gasteiger charge is -2.07. The van der Waals surface area contributed by atoms with Crippen molar-refractivity contribution in [1.29, 1.82) is 0 Å². The molecule has 0 radical (unpaired) electrons. The molecule has 16 heavy (non-hydrogen) atoms. The quantitative estimate of drug-likeness (QED) is 0.799. The molecule has 6 heteroatoms. The molecule has 1 atom stereocenters. The molecule has 2 heterocycles. The average molecular weight is 222 g/mol. The lowest BCUT2D eigenvalue weighted by Crippen LogP contribution is -2.06. The van der Waals surface area contributed by atoms with Gasteiger partial charge in [0.2, 0.25) is 5.89 Å². The SMILES string of the molecule is CNCc1nnc(NC(C)c2ccco2)o1. The van der Waals surface area contributed by atoms with Gasteiger partial charge in [0.1, 0.15) is 5.76 Å². The van der Waals surface area contributed by atoms with Crippen molar-refractivity contribution in [3.05, 3.63) is 30.0 Å². The van der Waals surface area contributed by atoms with Crippen molar-refractivity contribution in [2.45, 2.75) is 19.5 Å². The van der Waals surface area contributed by atoms with Gasteiger partial charge in [-0.3, -0.25) is 0 Å². The number of rotatable bonds is 5. The molecule has 0 saturated heterocycles. The van der Waals surface area contributed by atoms with E-state index in [2.05, 4.69) is 20.8 Å². The molecule has 86 valence electrons. The third-order valence-corrected chi connectivity index (χ3v) is 2.10. The van der Waals surface area contributed by atoms with Crippen LogP contribution in [0.4, 0.5) is 6.01 Å². The van der Waals surface area contributed by atoms with Gasteiger partial charge in [-0.25, -0.2) is 0 Å². The summed E-state index contributed by atoms with van der Waals surface area (Å²) in [5, 5.41) is 13.7. The Morgan fingerprint density at radius 2 is 2.31 bits per heavy atom. The van der Waals surface area contributed by atoms with Crippen molar-refractivity contribution in [2.75, 3.05) is 12.4 Å². The maximum atomic E-state index is 5.36. The molecule has 2 aromatic heterocycles. The molecule has 6 nitrogen and oxygen atoms in total. The summed E-state index contributed by atoms with van der Waals surface area (Å²) in [6.07, 6.45) is 1.63. The van der Waals surface area contributed by atoms with Crippen LogP contribution in [0, 0.1) is 0 Å². The van der Waals surface area contributed by atoms with Crippen LogP contribution in [-0.2, 0) is 6.54 Å². The number of hydrogen-bond acceptors (Lipinski definition) is 6. The smallest absolute Gasteiger partial charge is 0.316 e. The summed E-state index contributed by atoms with van der Waals surface area (Å²) in [5.41, 5.74) is 0. The Labute approximate surface area is 93.0 Å². The van der Waals surface area contributed by atoms with E-state index in [0.29, 0.717) is 18.5 Å². The van der Waals surface area contributed by atoms with Crippen molar-refractivity contribution < 1.29 is 8.83 Å². The predicted octanol–water partition coefficient (Wildman–Crippen LogP) is 1.56. The lowest BCUT2D eigenvalue weighted by atomic mass is 10.3. The minimum atomic E-state index is -0.00196. The zero-order valence-electron chi connectivity index (χ0n) is 9.23. The molecule has 0 saturated carbocycles. The van der Waals surface area contributed by atoms with Crippen molar-refractivity contribution in [2.24, 2.45) is 0 Å². The highest BCUT2D eigenvalue weighted by atomic mass is 16.4. The summed E-state index contributed by atoms with van der Waals surface area (Å²) in [5.74, 6) is 1.38. The number of aromatic nitrogens is 2. The fourth-order valence-electron chi connectivity index (χ4n) is 1.33. The second-order valence-electron chi connectivity index (χ2n) is 3.41. The lowest BCUT2D eigenvalue weighted by molar-refractivity contribution is 0.464. The number of anilines is 1. The monoisotopic (exact) mass is 222 g/mol. The Bertz CT molecular complexity index is 424. The second kappa shape index (κ2) is 4.80. The van der Waals surface area contributed by atoms with Crippen LogP contribution in [0.5, 0.6) is 0 Å². The summed E-state index contributed by atoms with van der Waals surface area (Å²) < 4.78 is 10.6. The first-order chi connectivity index (χ1) is 7.79. The summed E-state index contributed by atoms with van der Waals surface area (Å²) >= 11 is 0. The zero-order chi connectivity index (χ0) is 11.4. The van der Waals surface area contributed by atoms with E-state index >= 15 is 0 Å². The van der Waals surface area contributed by atoms with Gasteiger partial charge in [0.05, 0.1) is 18.8 Å². The molecule has 1 unspecified atom stereocenters. The van der Waals surface area contributed by atoms with Crippen LogP contribution in [-0.4, -0.2) is 17.2 Å². The summed E-state index contributed by atoms with van der Waals surface area (Å²) in [4.78, 5) is 0. The van der Waals surface area contributed by atoms with Gasteiger partial charge in [0.15, 0.2) is 0 Å². The van der Waals surface area contributed by atoms with E-state index in [1.165, 1.54) is 0 Å². The van der Waals surface area contributed by atoms with E-state index in [9.17, 15) is 0 Å². The fourth-order valence-corrected chi connectivity index (χ4v) is 1.33. The van der Waals surface area contributed by atoms with Gasteiger partial charge in [0, 0.05) is 0 Å². The Balaban J connectivity index is 1.98. The van der Waals surface area contributed by atoms with Crippen LogP contribution in [0.25, 0.3) is 0 Å². The predicted molar refractivity (Wildman–Crippen MR) is 57.8 cm³/mol. The average Bonchev–Trinajstić information content (AvgIpc) is 2.89. The number of hydrogen-bond donors (Lipinski definition) is 2. The van der Waals surface area contributed by atoms with Crippen molar-refractivity contribution in [3.63, 3.8) is 0 Å². The van der Waals surface area contributed by atoms with Crippen LogP contribution < -0.4 is 10.6 Å². The molecule has 0 bridgehead atoms. The molecular weight excluding hydrogens is 208 g/mol. The number of nitrogens with one attached hydrogen (secondary N) is 2. The van der Waals surface area contributed by atoms with Crippen molar-refractivity contribution in [1.82, 2.24) is 15.5 Å². The third kappa shape index (κ3) is 2.40. The van der Waals surface area contributed by atoms with Crippen LogP contribution in [0.15, 0.2) is 27.2 Å². The minimum absolute atomic E-state index is 0.00196. The molecule has 0 fully saturated rings. The fraction of sp³-hybridized carbons (Fsp3) is 0.400. The van der Waals surface area contributed by atoms with E-state index in [4.69, 9.17) is 8.83 Å². The Morgan fingerprint density at radius 1 is 1.44 bits per heavy atom. The van der Waals surface area contributed by atoms with E-state index in [1.54, 1.807) is 6.26 Å². The Kier molecular flexibility index (Phi) is 3.21. The van der Waals surface area contributed by atoms with E-state index < -0.39 is 0 Å². The van der Waals surface area contributed by atoms with Crippen molar-refractivity contribution >= 4 is 6.01 Å². The van der Waals surface area contributed by atoms with Crippen LogP contribution in [0.1, 0.15) is 24.6 Å². The minimum Gasteiger partial charge on any atom is -0.467 e. The van der Waals surface area contributed by atoms with Gasteiger partial charge in [-0.05, 0) is 26.1 Å². The molecule has 0 aliphatic rings. The van der Waals surface area contributed by atoms with E-state index in [0.717, 1.165) is 5.76 Å². The first-order valence-electron chi connectivity index (χ1n) is 5.06. The first kappa shape index (κ1) is 10.7. The van der Waals surface area contributed by atoms with Gasteiger partial charge in [-0.1, -0.05) is 5.10 Å². The highest BCUT2D eigenvalue weighted by Gasteiger charge is 2.12. The Morgan fingerprint density at radius 3 is 3.00 bits per heavy atom. The highest BCUT2D eigenvalue weighted by Crippen LogP contribution is 2.18. The van der Waals surface area contributed by atoms with Gasteiger partial charge in [-0.15, -0.1) is 5.10 Å². The summed E-state index contributed by atoms with van der Waals surface area (Å²) in [6, 6.07) is 4.13. The molecule has 2 aromatic rings. The highest BCUT2D eigenvalue weighted by molar-refractivity contribution is 5.23. The van der Waals surface area contributed by atoms with Gasteiger partial charge in [-0.2, -0.15) is 0 Å². The van der Waals surface area contributed by atoms with Crippen LogP contribution in [0.3, 0.4) is 0 Å². The van der Waals surface area contributed by atoms with Gasteiger partial charge < -0.3 is 19.5 Å². The standard InChI is InChI=1S/C10H14N4O2/c1-7(8-4-3-5-15-8)12-10-14-13-9(16-10)6-11-2/h3-5,7,11H,6H2,1-2H3,(H,12,14). The maximum Gasteiger partial charge on any atom is 0.316 e. The number of nitrogens with zero attached hydrogens (tertiary/aromatic N) is 2. The molecule has 0 amide bonds. The third-order valence-electron chi connectivity index (χ3n) is 2.10. The topological polar surface area (TPSA) is 76.1 Å². The van der Waals surface area contributed by atoms with Gasteiger partial charge in [0.25, 0.3) is 0 Å². The van der Waals surface area contributed by atoms with Crippen LogP contribution in [0.2, 0.25) is 0 Å². The maximum absolute atomic E-state index is 5.36. The zero-order valence-corrected chi connectivity index (χ0v) is 9.23. The first-order valence-corrected chi connectivity index (χ1v) is 5.06. The molecule has 2 rings (SSSR count). The summed E-state index contributed by atoms with van der Waals surface area (Å²) in [7, 11) is 1.82. The van der Waals surface area contributed by atoms with E-state index in [1.807, 2.05) is 26.1 Å². The van der Waals surface area contributed by atoms with Crippen LogP contribution >= 0.6 is 0 Å². The molecule has 2 N–H and O–H groups in total. The van der Waals surface area contributed by atoms with Crippen molar-refractivity contribution in [3.8, 4) is 0 Å². The molecule has 0 aliphatic carbocycles. The largest absolute Gasteiger partial charge is 0.467 e. The molecular formula is C10H14N4O2. The normalized spacial score (nSPS) is 12.6. The number of furan rings is 1.